The molecule has 1 aromatic rings. The summed E-state index contributed by atoms with van der Waals surface area (Å²) < 4.78 is 0. The molecule has 3 atom stereocenters. The Kier molecular flexibility index (Phi) is 4.61. The maximum Gasteiger partial charge on any atom is 0.0294 e. The Morgan fingerprint density at radius 3 is 2.59 bits per heavy atom. The topological polar surface area (TPSA) is 12.0 Å². The van der Waals surface area contributed by atoms with Gasteiger partial charge in [-0.25, -0.2) is 0 Å². The van der Waals surface area contributed by atoms with Crippen molar-refractivity contribution >= 4 is 0 Å². The van der Waals surface area contributed by atoms with Gasteiger partial charge in [-0.05, 0) is 37.7 Å². The van der Waals surface area contributed by atoms with Gasteiger partial charge in [0.15, 0.2) is 0 Å². The van der Waals surface area contributed by atoms with Crippen LogP contribution in [0.15, 0.2) is 30.3 Å². The van der Waals surface area contributed by atoms with Gasteiger partial charge >= 0.3 is 0 Å². The van der Waals surface area contributed by atoms with Gasteiger partial charge in [-0.1, -0.05) is 50.1 Å². The second-order valence-electron chi connectivity index (χ2n) is 5.61. The first-order valence-electron chi connectivity index (χ1n) is 7.06. The molecular weight excluding hydrogens is 206 g/mol. The van der Waals surface area contributed by atoms with Crippen LogP contribution < -0.4 is 5.32 Å². The third-order valence-corrected chi connectivity index (χ3v) is 4.04. The summed E-state index contributed by atoms with van der Waals surface area (Å²) in [5.41, 5.74) is 1.41. The normalized spacial score (nSPS) is 27.4. The SMILES string of the molecule is CC1CCCC(N[C@H](C)c2ccccc2)CC1. The van der Waals surface area contributed by atoms with Crippen LogP contribution in [0.2, 0.25) is 0 Å². The third-order valence-electron chi connectivity index (χ3n) is 4.04. The smallest absolute Gasteiger partial charge is 0.0294 e. The predicted octanol–water partition coefficient (Wildman–Crippen LogP) is 4.31. The molecule has 0 amide bonds. The highest BCUT2D eigenvalue weighted by atomic mass is 14.9. The number of benzene rings is 1. The molecule has 2 unspecified atom stereocenters. The fraction of sp³-hybridized carbons (Fsp3) is 0.625. The van der Waals surface area contributed by atoms with Crippen molar-refractivity contribution in [1.82, 2.24) is 5.32 Å². The van der Waals surface area contributed by atoms with Crippen molar-refractivity contribution in [3.05, 3.63) is 35.9 Å². The summed E-state index contributed by atoms with van der Waals surface area (Å²) in [4.78, 5) is 0. The second-order valence-corrected chi connectivity index (χ2v) is 5.61. The van der Waals surface area contributed by atoms with Crippen molar-refractivity contribution in [2.75, 3.05) is 0 Å². The van der Waals surface area contributed by atoms with Gasteiger partial charge in [0, 0.05) is 12.1 Å². The molecular formula is C16H25N. The lowest BCUT2D eigenvalue weighted by Gasteiger charge is -2.22. The van der Waals surface area contributed by atoms with E-state index in [1.54, 1.807) is 0 Å². The molecule has 1 saturated carbocycles. The second kappa shape index (κ2) is 6.20. The molecule has 0 bridgehead atoms. The van der Waals surface area contributed by atoms with Gasteiger partial charge < -0.3 is 5.32 Å². The molecule has 94 valence electrons. The zero-order chi connectivity index (χ0) is 12.1. The molecule has 1 heteroatoms. The van der Waals surface area contributed by atoms with Crippen molar-refractivity contribution in [1.29, 1.82) is 0 Å². The van der Waals surface area contributed by atoms with Crippen molar-refractivity contribution in [2.24, 2.45) is 5.92 Å². The van der Waals surface area contributed by atoms with E-state index in [1.165, 1.54) is 37.7 Å². The molecule has 0 aromatic heterocycles. The van der Waals surface area contributed by atoms with E-state index in [9.17, 15) is 0 Å². The first-order valence-corrected chi connectivity index (χ1v) is 7.06. The molecule has 1 nitrogen and oxygen atoms in total. The van der Waals surface area contributed by atoms with Crippen molar-refractivity contribution in [3.8, 4) is 0 Å². The fourth-order valence-electron chi connectivity index (χ4n) is 2.85. The minimum absolute atomic E-state index is 0.481. The van der Waals surface area contributed by atoms with E-state index in [0.29, 0.717) is 6.04 Å². The lowest BCUT2D eigenvalue weighted by atomic mass is 10.0. The van der Waals surface area contributed by atoms with Crippen LogP contribution in [0.25, 0.3) is 0 Å². The Balaban J connectivity index is 1.88. The molecule has 0 saturated heterocycles. The van der Waals surface area contributed by atoms with Gasteiger partial charge in [0.1, 0.15) is 0 Å². The van der Waals surface area contributed by atoms with Crippen molar-refractivity contribution in [3.63, 3.8) is 0 Å². The molecule has 2 rings (SSSR count). The van der Waals surface area contributed by atoms with Gasteiger partial charge in [0.25, 0.3) is 0 Å². The molecule has 1 fully saturated rings. The van der Waals surface area contributed by atoms with Crippen LogP contribution in [-0.4, -0.2) is 6.04 Å². The number of rotatable bonds is 3. The number of hydrogen-bond acceptors (Lipinski definition) is 1. The first-order chi connectivity index (χ1) is 8.25. The van der Waals surface area contributed by atoms with Gasteiger partial charge in [-0.3, -0.25) is 0 Å². The van der Waals surface area contributed by atoms with Gasteiger partial charge in [-0.2, -0.15) is 0 Å². The highest BCUT2D eigenvalue weighted by Crippen LogP contribution is 2.24. The Hall–Kier alpha value is -0.820. The van der Waals surface area contributed by atoms with Crippen LogP contribution in [-0.2, 0) is 0 Å². The van der Waals surface area contributed by atoms with E-state index in [2.05, 4.69) is 49.5 Å². The zero-order valence-electron chi connectivity index (χ0n) is 11.2. The molecule has 17 heavy (non-hydrogen) atoms. The quantitative estimate of drug-likeness (QED) is 0.765. The van der Waals surface area contributed by atoms with Crippen LogP contribution in [0.5, 0.6) is 0 Å². The lowest BCUT2D eigenvalue weighted by molar-refractivity contribution is 0.408. The Bertz CT molecular complexity index is 320. The zero-order valence-corrected chi connectivity index (χ0v) is 11.2. The molecule has 1 N–H and O–H groups in total. The first kappa shape index (κ1) is 12.6. The molecule has 0 aliphatic heterocycles. The molecule has 0 heterocycles. The standard InChI is InChI=1S/C16H25N/c1-13-7-6-10-16(12-11-13)17-14(2)15-8-4-3-5-9-15/h3-5,8-9,13-14,16-17H,6-7,10-12H2,1-2H3/t13?,14-,16?/m1/s1. The van der Waals surface area contributed by atoms with Crippen LogP contribution in [0.4, 0.5) is 0 Å². The van der Waals surface area contributed by atoms with Gasteiger partial charge in [0.2, 0.25) is 0 Å². The van der Waals surface area contributed by atoms with E-state index in [0.717, 1.165) is 12.0 Å². The Morgan fingerprint density at radius 2 is 1.82 bits per heavy atom. The van der Waals surface area contributed by atoms with E-state index in [1.807, 2.05) is 0 Å². The summed E-state index contributed by atoms with van der Waals surface area (Å²) >= 11 is 0. The maximum absolute atomic E-state index is 3.80. The van der Waals surface area contributed by atoms with E-state index in [4.69, 9.17) is 0 Å². The van der Waals surface area contributed by atoms with Crippen LogP contribution in [0.1, 0.15) is 57.6 Å². The summed E-state index contributed by atoms with van der Waals surface area (Å²) in [6, 6.07) is 12.0. The highest BCUT2D eigenvalue weighted by Gasteiger charge is 2.17. The summed E-state index contributed by atoms with van der Waals surface area (Å²) in [6.45, 7) is 4.67. The van der Waals surface area contributed by atoms with Crippen molar-refractivity contribution < 1.29 is 0 Å². The van der Waals surface area contributed by atoms with Gasteiger partial charge in [0.05, 0.1) is 0 Å². The van der Waals surface area contributed by atoms with Crippen molar-refractivity contribution in [2.45, 2.75) is 58.0 Å². The average Bonchev–Trinajstić information content (AvgIpc) is 2.56. The number of nitrogens with one attached hydrogen (secondary N) is 1. The predicted molar refractivity (Wildman–Crippen MR) is 74.0 cm³/mol. The van der Waals surface area contributed by atoms with Gasteiger partial charge in [-0.15, -0.1) is 0 Å². The van der Waals surface area contributed by atoms with Crippen LogP contribution in [0.3, 0.4) is 0 Å². The van der Waals surface area contributed by atoms with E-state index in [-0.39, 0.29) is 0 Å². The lowest BCUT2D eigenvalue weighted by Crippen LogP contribution is -2.31. The largest absolute Gasteiger partial charge is 0.307 e. The average molecular weight is 231 g/mol. The maximum atomic E-state index is 3.80. The third kappa shape index (κ3) is 3.85. The molecule has 0 radical (unpaired) electrons. The van der Waals surface area contributed by atoms with Crippen LogP contribution in [0, 0.1) is 5.92 Å². The number of hydrogen-bond donors (Lipinski definition) is 1. The highest BCUT2D eigenvalue weighted by molar-refractivity contribution is 5.18. The Labute approximate surface area is 106 Å². The van der Waals surface area contributed by atoms with E-state index >= 15 is 0 Å². The monoisotopic (exact) mass is 231 g/mol. The minimum atomic E-state index is 0.481. The molecule has 1 aliphatic carbocycles. The fourth-order valence-corrected chi connectivity index (χ4v) is 2.85. The van der Waals surface area contributed by atoms with Crippen LogP contribution >= 0.6 is 0 Å². The summed E-state index contributed by atoms with van der Waals surface area (Å²) in [5.74, 6) is 0.925. The van der Waals surface area contributed by atoms with E-state index < -0.39 is 0 Å². The molecule has 1 aliphatic rings. The summed E-state index contributed by atoms with van der Waals surface area (Å²) in [6.07, 6.45) is 6.89. The minimum Gasteiger partial charge on any atom is -0.307 e. The molecule has 0 spiro atoms. The molecule has 1 aromatic carbocycles. The Morgan fingerprint density at radius 1 is 1.06 bits per heavy atom. The summed E-state index contributed by atoms with van der Waals surface area (Å²) in [7, 11) is 0. The summed E-state index contributed by atoms with van der Waals surface area (Å²) in [5, 5.41) is 3.80.